The van der Waals surface area contributed by atoms with Gasteiger partial charge in [-0.1, -0.05) is 63.1 Å². The Labute approximate surface area is 142 Å². The summed E-state index contributed by atoms with van der Waals surface area (Å²) in [7, 11) is 0. The monoisotopic (exact) mass is 317 g/mol. The van der Waals surface area contributed by atoms with Gasteiger partial charge in [0.15, 0.2) is 0 Å². The number of nitrogens with one attached hydrogen (secondary N) is 1. The van der Waals surface area contributed by atoms with Gasteiger partial charge in [0, 0.05) is 6.54 Å². The van der Waals surface area contributed by atoms with Crippen LogP contribution >= 0.6 is 0 Å². The molecule has 0 aliphatic rings. The molecule has 1 aromatic rings. The third-order valence-corrected chi connectivity index (χ3v) is 2.36. The van der Waals surface area contributed by atoms with E-state index in [1.54, 1.807) is 6.92 Å². The van der Waals surface area contributed by atoms with Gasteiger partial charge in [0.25, 0.3) is 0 Å². The van der Waals surface area contributed by atoms with Gasteiger partial charge in [-0.2, -0.15) is 0 Å². The Balaban J connectivity index is 0. The van der Waals surface area contributed by atoms with E-state index in [-0.39, 0.29) is 0 Å². The molecule has 23 heavy (non-hydrogen) atoms. The molecular weight excluding hydrogens is 286 g/mol. The SMILES string of the molecule is C/C=C\C(=C/CC)CNO.CC.CC#CCOc1ccccc1. The van der Waals surface area contributed by atoms with Crippen LogP contribution in [0.2, 0.25) is 0 Å². The topological polar surface area (TPSA) is 41.5 Å². The Morgan fingerprint density at radius 3 is 2.39 bits per heavy atom. The van der Waals surface area contributed by atoms with E-state index >= 15 is 0 Å². The molecule has 0 saturated heterocycles. The molecule has 2 N–H and O–H groups in total. The van der Waals surface area contributed by atoms with Gasteiger partial charge < -0.3 is 9.94 Å². The summed E-state index contributed by atoms with van der Waals surface area (Å²) in [5, 5.41) is 8.37. The van der Waals surface area contributed by atoms with Crippen molar-refractivity contribution in [2.75, 3.05) is 13.2 Å². The number of hydrogen-bond acceptors (Lipinski definition) is 3. The van der Waals surface area contributed by atoms with E-state index < -0.39 is 0 Å². The quantitative estimate of drug-likeness (QED) is 0.441. The summed E-state index contributed by atoms with van der Waals surface area (Å²) in [5.74, 6) is 6.46. The van der Waals surface area contributed by atoms with Gasteiger partial charge in [-0.05, 0) is 38.0 Å². The van der Waals surface area contributed by atoms with Gasteiger partial charge in [0.2, 0.25) is 0 Å². The standard InChI is InChI=1S/C10H10O.C8H15NO.C2H6/c1-2-3-9-11-10-7-5-4-6-8-10;1-3-5-8(6-4-2)7-9-10;1-2/h4-8H,9H2,1H3;3,5-6,9-10H,4,7H2,1-2H3;1-2H3/b;5-3-,8-6+;. The molecular formula is C20H31NO2. The van der Waals surface area contributed by atoms with E-state index in [4.69, 9.17) is 9.94 Å². The minimum absolute atomic E-state index is 0.473. The van der Waals surface area contributed by atoms with Crippen molar-refractivity contribution in [3.63, 3.8) is 0 Å². The zero-order valence-corrected chi connectivity index (χ0v) is 15.1. The van der Waals surface area contributed by atoms with Crippen molar-refractivity contribution in [1.29, 1.82) is 0 Å². The number of ether oxygens (including phenoxy) is 1. The molecule has 1 rings (SSSR count). The molecule has 3 heteroatoms. The molecule has 0 aliphatic carbocycles. The smallest absolute Gasteiger partial charge is 0.149 e. The third kappa shape index (κ3) is 16.2. The lowest BCUT2D eigenvalue weighted by atomic mass is 10.2. The summed E-state index contributed by atoms with van der Waals surface area (Å²) >= 11 is 0. The first-order valence-corrected chi connectivity index (χ1v) is 8.04. The Bertz CT molecular complexity index is 467. The fourth-order valence-corrected chi connectivity index (χ4v) is 1.47. The van der Waals surface area contributed by atoms with Crippen molar-refractivity contribution in [2.24, 2.45) is 0 Å². The zero-order chi connectivity index (χ0) is 17.8. The van der Waals surface area contributed by atoms with Crippen LogP contribution in [0.1, 0.15) is 41.0 Å². The normalized spacial score (nSPS) is 9.74. The van der Waals surface area contributed by atoms with Gasteiger partial charge in [-0.3, -0.25) is 0 Å². The molecule has 0 bridgehead atoms. The van der Waals surface area contributed by atoms with Crippen LogP contribution in [0.4, 0.5) is 0 Å². The number of hydroxylamine groups is 1. The number of allylic oxidation sites excluding steroid dienone is 2. The second-order valence-electron chi connectivity index (χ2n) is 4.05. The molecule has 0 atom stereocenters. The predicted molar refractivity (Wildman–Crippen MR) is 99.7 cm³/mol. The minimum atomic E-state index is 0.473. The fraction of sp³-hybridized carbons (Fsp3) is 0.400. The van der Waals surface area contributed by atoms with Crippen LogP contribution in [-0.4, -0.2) is 18.4 Å². The van der Waals surface area contributed by atoms with Crippen LogP contribution in [0.3, 0.4) is 0 Å². The Hall–Kier alpha value is -2.02. The molecule has 0 unspecified atom stereocenters. The van der Waals surface area contributed by atoms with Crippen LogP contribution in [0, 0.1) is 11.8 Å². The number of benzene rings is 1. The average molecular weight is 317 g/mol. The molecule has 3 nitrogen and oxygen atoms in total. The largest absolute Gasteiger partial charge is 0.481 e. The Morgan fingerprint density at radius 2 is 1.91 bits per heavy atom. The van der Waals surface area contributed by atoms with E-state index in [1.807, 2.05) is 63.3 Å². The maximum absolute atomic E-state index is 8.37. The second kappa shape index (κ2) is 20.0. The number of para-hydroxylation sites is 1. The highest BCUT2D eigenvalue weighted by Crippen LogP contribution is 2.07. The van der Waals surface area contributed by atoms with Crippen molar-refractivity contribution in [1.82, 2.24) is 5.48 Å². The molecule has 0 saturated carbocycles. The molecule has 0 amide bonds. The molecule has 0 spiro atoms. The van der Waals surface area contributed by atoms with E-state index in [9.17, 15) is 0 Å². The molecule has 128 valence electrons. The summed E-state index contributed by atoms with van der Waals surface area (Å²) in [4.78, 5) is 0. The summed E-state index contributed by atoms with van der Waals surface area (Å²) in [5.41, 5.74) is 3.24. The van der Waals surface area contributed by atoms with E-state index in [2.05, 4.69) is 30.3 Å². The number of rotatable bonds is 6. The summed E-state index contributed by atoms with van der Waals surface area (Å²) < 4.78 is 5.27. The second-order valence-corrected chi connectivity index (χ2v) is 4.05. The lowest BCUT2D eigenvalue weighted by Gasteiger charge is -1.98. The van der Waals surface area contributed by atoms with Crippen molar-refractivity contribution < 1.29 is 9.94 Å². The molecule has 0 radical (unpaired) electrons. The Morgan fingerprint density at radius 1 is 1.26 bits per heavy atom. The van der Waals surface area contributed by atoms with Gasteiger partial charge in [0.05, 0.1) is 0 Å². The van der Waals surface area contributed by atoms with Crippen LogP contribution in [-0.2, 0) is 0 Å². The van der Waals surface area contributed by atoms with Crippen molar-refractivity contribution in [2.45, 2.75) is 41.0 Å². The van der Waals surface area contributed by atoms with Crippen LogP contribution < -0.4 is 10.2 Å². The third-order valence-electron chi connectivity index (χ3n) is 2.36. The zero-order valence-electron chi connectivity index (χ0n) is 15.1. The van der Waals surface area contributed by atoms with E-state index in [0.29, 0.717) is 13.2 Å². The molecule has 0 heterocycles. The highest BCUT2D eigenvalue weighted by molar-refractivity contribution is 5.21. The number of hydrogen-bond donors (Lipinski definition) is 2. The summed E-state index contributed by atoms with van der Waals surface area (Å²) in [6, 6.07) is 9.66. The maximum Gasteiger partial charge on any atom is 0.149 e. The van der Waals surface area contributed by atoms with Gasteiger partial charge in [-0.25, -0.2) is 5.48 Å². The first-order chi connectivity index (χ1) is 11.3. The summed E-state index contributed by atoms with van der Waals surface area (Å²) in [6.45, 7) is 10.8. The van der Waals surface area contributed by atoms with Crippen molar-refractivity contribution in [3.8, 4) is 17.6 Å². The minimum Gasteiger partial charge on any atom is -0.481 e. The first kappa shape index (κ1) is 23.2. The van der Waals surface area contributed by atoms with Gasteiger partial charge >= 0.3 is 0 Å². The van der Waals surface area contributed by atoms with Crippen LogP contribution in [0.15, 0.2) is 54.1 Å². The lowest BCUT2D eigenvalue weighted by Crippen LogP contribution is -2.09. The van der Waals surface area contributed by atoms with E-state index in [1.165, 1.54) is 0 Å². The fourth-order valence-electron chi connectivity index (χ4n) is 1.47. The molecule has 0 aliphatic heterocycles. The van der Waals surface area contributed by atoms with Crippen LogP contribution in [0.25, 0.3) is 0 Å². The van der Waals surface area contributed by atoms with Crippen molar-refractivity contribution in [3.05, 3.63) is 54.1 Å². The molecule has 0 aromatic heterocycles. The molecule has 1 aromatic carbocycles. The average Bonchev–Trinajstić information content (AvgIpc) is 2.59. The van der Waals surface area contributed by atoms with E-state index in [0.717, 1.165) is 17.7 Å². The predicted octanol–water partition coefficient (Wildman–Crippen LogP) is 4.99. The summed E-state index contributed by atoms with van der Waals surface area (Å²) in [6.07, 6.45) is 7.01. The highest BCUT2D eigenvalue weighted by atomic mass is 16.5. The Kier molecular flexibility index (Phi) is 20.2. The highest BCUT2D eigenvalue weighted by Gasteiger charge is 1.87. The molecule has 0 fully saturated rings. The van der Waals surface area contributed by atoms with Gasteiger partial charge in [0.1, 0.15) is 12.4 Å². The first-order valence-electron chi connectivity index (χ1n) is 8.04. The maximum atomic E-state index is 8.37. The van der Waals surface area contributed by atoms with Crippen molar-refractivity contribution >= 4 is 0 Å². The van der Waals surface area contributed by atoms with Crippen LogP contribution in [0.5, 0.6) is 5.75 Å². The van der Waals surface area contributed by atoms with Gasteiger partial charge in [-0.15, -0.1) is 5.92 Å². The lowest BCUT2D eigenvalue weighted by molar-refractivity contribution is 0.177.